The van der Waals surface area contributed by atoms with Crippen molar-refractivity contribution in [3.63, 3.8) is 0 Å². The Hall–Kier alpha value is -2.25. The van der Waals surface area contributed by atoms with E-state index in [9.17, 15) is 0 Å². The minimum absolute atomic E-state index is 0.340. The number of nitrogens with zero attached hydrogens (tertiary/aromatic N) is 3. The van der Waals surface area contributed by atoms with Crippen molar-refractivity contribution in [2.75, 3.05) is 51.8 Å². The molecule has 7 heteroatoms. The van der Waals surface area contributed by atoms with Gasteiger partial charge in [0.1, 0.15) is 5.75 Å². The molecule has 2 aromatic rings. The average Bonchev–Trinajstić information content (AvgIpc) is 3.54. The van der Waals surface area contributed by atoms with E-state index in [4.69, 9.17) is 4.74 Å². The molecular weight excluding hydrogens is 406 g/mol. The van der Waals surface area contributed by atoms with Gasteiger partial charge in [0, 0.05) is 32.7 Å². The molecule has 1 aromatic carbocycles. The Morgan fingerprint density at radius 3 is 2.48 bits per heavy atom. The van der Waals surface area contributed by atoms with Gasteiger partial charge < -0.3 is 20.3 Å². The maximum absolute atomic E-state index is 5.34. The van der Waals surface area contributed by atoms with Gasteiger partial charge in [-0.2, -0.15) is 0 Å². The summed E-state index contributed by atoms with van der Waals surface area (Å²) in [4.78, 5) is 9.59. The molecule has 0 spiro atoms. The van der Waals surface area contributed by atoms with Crippen LogP contribution in [0.4, 0.5) is 5.00 Å². The minimum atomic E-state index is 0.340. The molecule has 2 saturated heterocycles. The standard InChI is InChI=1S/C24H35N5OS/c1-25-24(27-20-11-15-29(16-12-20)23-6-5-17-31-23)26-18-22(28-13-3-4-14-28)19-7-9-21(30-2)10-8-19/h5-10,17,20,22H,3-4,11-16,18H2,1-2H3,(H2,25,26,27). The van der Waals surface area contributed by atoms with E-state index in [0.717, 1.165) is 57.3 Å². The lowest BCUT2D eigenvalue weighted by atomic mass is 10.0. The first-order valence-electron chi connectivity index (χ1n) is 11.4. The van der Waals surface area contributed by atoms with Gasteiger partial charge in [-0.05, 0) is 74.0 Å². The molecule has 1 aromatic heterocycles. The number of likely N-dealkylation sites (tertiary alicyclic amines) is 1. The van der Waals surface area contributed by atoms with Crippen LogP contribution in [0.3, 0.4) is 0 Å². The van der Waals surface area contributed by atoms with E-state index in [1.54, 1.807) is 7.11 Å². The van der Waals surface area contributed by atoms with Crippen LogP contribution in [0.1, 0.15) is 37.3 Å². The van der Waals surface area contributed by atoms with Gasteiger partial charge in [-0.1, -0.05) is 12.1 Å². The van der Waals surface area contributed by atoms with Crippen molar-refractivity contribution in [3.05, 3.63) is 47.3 Å². The van der Waals surface area contributed by atoms with Gasteiger partial charge in [0.25, 0.3) is 0 Å². The van der Waals surface area contributed by atoms with Crippen molar-refractivity contribution in [3.8, 4) is 5.75 Å². The van der Waals surface area contributed by atoms with Gasteiger partial charge in [0.2, 0.25) is 0 Å². The first-order chi connectivity index (χ1) is 15.3. The molecule has 0 bridgehead atoms. The van der Waals surface area contributed by atoms with Crippen LogP contribution >= 0.6 is 11.3 Å². The Labute approximate surface area is 190 Å². The van der Waals surface area contributed by atoms with E-state index in [1.165, 1.54) is 23.4 Å². The highest BCUT2D eigenvalue weighted by molar-refractivity contribution is 7.14. The van der Waals surface area contributed by atoms with Gasteiger partial charge >= 0.3 is 0 Å². The first-order valence-corrected chi connectivity index (χ1v) is 12.3. The zero-order valence-electron chi connectivity index (χ0n) is 18.7. The van der Waals surface area contributed by atoms with Crippen LogP contribution in [0.2, 0.25) is 0 Å². The van der Waals surface area contributed by atoms with Crippen LogP contribution < -0.4 is 20.3 Å². The number of benzene rings is 1. The molecule has 1 unspecified atom stereocenters. The fourth-order valence-electron chi connectivity index (χ4n) is 4.61. The Kier molecular flexibility index (Phi) is 7.70. The predicted octanol–water partition coefficient (Wildman–Crippen LogP) is 3.73. The number of methoxy groups -OCH3 is 1. The molecule has 0 amide bonds. The molecule has 6 nitrogen and oxygen atoms in total. The Bertz CT molecular complexity index is 809. The normalized spacial score (nSPS) is 19.4. The number of rotatable bonds is 7. The zero-order valence-corrected chi connectivity index (χ0v) is 19.5. The molecule has 2 aliphatic rings. The number of thiophene rings is 1. The Morgan fingerprint density at radius 2 is 1.87 bits per heavy atom. The van der Waals surface area contributed by atoms with Crippen molar-refractivity contribution in [2.45, 2.75) is 37.8 Å². The largest absolute Gasteiger partial charge is 0.497 e. The fraction of sp³-hybridized carbons (Fsp3) is 0.542. The summed E-state index contributed by atoms with van der Waals surface area (Å²) in [5, 5.41) is 10.8. The maximum atomic E-state index is 5.34. The monoisotopic (exact) mass is 441 g/mol. The molecule has 0 radical (unpaired) electrons. The maximum Gasteiger partial charge on any atom is 0.191 e. The lowest BCUT2D eigenvalue weighted by molar-refractivity contribution is 0.245. The van der Waals surface area contributed by atoms with E-state index in [0.29, 0.717) is 12.1 Å². The fourth-order valence-corrected chi connectivity index (χ4v) is 5.40. The van der Waals surface area contributed by atoms with E-state index >= 15 is 0 Å². The van der Waals surface area contributed by atoms with Crippen molar-refractivity contribution >= 4 is 22.3 Å². The number of guanidine groups is 1. The zero-order chi connectivity index (χ0) is 21.5. The van der Waals surface area contributed by atoms with E-state index in [2.05, 4.69) is 67.2 Å². The number of ether oxygens (including phenoxy) is 1. The summed E-state index contributed by atoms with van der Waals surface area (Å²) in [6, 6.07) is 13.7. The molecule has 0 saturated carbocycles. The highest BCUT2D eigenvalue weighted by Crippen LogP contribution is 2.27. The summed E-state index contributed by atoms with van der Waals surface area (Å²) >= 11 is 1.83. The lowest BCUT2D eigenvalue weighted by Gasteiger charge is -2.34. The summed E-state index contributed by atoms with van der Waals surface area (Å²) in [6.07, 6.45) is 4.82. The number of piperidine rings is 1. The highest BCUT2D eigenvalue weighted by Gasteiger charge is 2.25. The lowest BCUT2D eigenvalue weighted by Crippen LogP contribution is -2.50. The predicted molar refractivity (Wildman–Crippen MR) is 131 cm³/mol. The average molecular weight is 442 g/mol. The molecule has 3 heterocycles. The smallest absolute Gasteiger partial charge is 0.191 e. The van der Waals surface area contributed by atoms with Crippen molar-refractivity contribution < 1.29 is 4.74 Å². The molecule has 31 heavy (non-hydrogen) atoms. The van der Waals surface area contributed by atoms with Crippen LogP contribution in [-0.2, 0) is 0 Å². The summed E-state index contributed by atoms with van der Waals surface area (Å²) in [6.45, 7) is 5.35. The number of nitrogens with one attached hydrogen (secondary N) is 2. The van der Waals surface area contributed by atoms with Crippen LogP contribution in [0.15, 0.2) is 46.8 Å². The van der Waals surface area contributed by atoms with Crippen LogP contribution in [-0.4, -0.2) is 63.8 Å². The molecule has 168 valence electrons. The Balaban J connectivity index is 1.32. The molecule has 2 aliphatic heterocycles. The molecule has 4 rings (SSSR count). The van der Waals surface area contributed by atoms with Gasteiger partial charge in [0.05, 0.1) is 18.2 Å². The molecule has 0 aliphatic carbocycles. The molecule has 2 fully saturated rings. The topological polar surface area (TPSA) is 52.1 Å². The quantitative estimate of drug-likeness (QED) is 0.507. The van der Waals surface area contributed by atoms with Gasteiger partial charge in [-0.25, -0.2) is 0 Å². The summed E-state index contributed by atoms with van der Waals surface area (Å²) in [5.41, 5.74) is 1.33. The SMILES string of the molecule is CN=C(NCC(c1ccc(OC)cc1)N1CCCC1)NC1CCN(c2cccs2)CC1. The summed E-state index contributed by atoms with van der Waals surface area (Å²) in [5.74, 6) is 1.82. The number of aliphatic imine (C=N–C) groups is 1. The first kappa shape index (κ1) is 22.0. The van der Waals surface area contributed by atoms with Crippen LogP contribution in [0.5, 0.6) is 5.75 Å². The minimum Gasteiger partial charge on any atom is -0.497 e. The van der Waals surface area contributed by atoms with Gasteiger partial charge in [-0.15, -0.1) is 11.3 Å². The Morgan fingerprint density at radius 1 is 1.13 bits per heavy atom. The summed E-state index contributed by atoms with van der Waals surface area (Å²) in [7, 11) is 3.59. The highest BCUT2D eigenvalue weighted by atomic mass is 32.1. The van der Waals surface area contributed by atoms with Crippen LogP contribution in [0.25, 0.3) is 0 Å². The third-order valence-corrected chi connectivity index (χ3v) is 7.35. The van der Waals surface area contributed by atoms with E-state index in [-0.39, 0.29) is 0 Å². The van der Waals surface area contributed by atoms with Crippen molar-refractivity contribution in [1.82, 2.24) is 15.5 Å². The third kappa shape index (κ3) is 5.71. The number of hydrogen-bond acceptors (Lipinski definition) is 5. The number of anilines is 1. The van der Waals surface area contributed by atoms with Gasteiger partial charge in [0.15, 0.2) is 5.96 Å². The van der Waals surface area contributed by atoms with Crippen LogP contribution in [0, 0.1) is 0 Å². The van der Waals surface area contributed by atoms with Crippen molar-refractivity contribution in [1.29, 1.82) is 0 Å². The van der Waals surface area contributed by atoms with E-state index in [1.807, 2.05) is 18.4 Å². The second-order valence-corrected chi connectivity index (χ2v) is 9.27. The number of hydrogen-bond donors (Lipinski definition) is 2. The van der Waals surface area contributed by atoms with Gasteiger partial charge in [-0.3, -0.25) is 9.89 Å². The second-order valence-electron chi connectivity index (χ2n) is 8.34. The van der Waals surface area contributed by atoms with Crippen molar-refractivity contribution in [2.24, 2.45) is 4.99 Å². The third-order valence-electron chi connectivity index (χ3n) is 6.42. The van der Waals surface area contributed by atoms with E-state index < -0.39 is 0 Å². The second kappa shape index (κ2) is 10.9. The molecular formula is C24H35N5OS. The summed E-state index contributed by atoms with van der Waals surface area (Å²) < 4.78 is 5.34. The molecule has 2 N–H and O–H groups in total. The molecule has 1 atom stereocenters.